The summed E-state index contributed by atoms with van der Waals surface area (Å²) in [6.45, 7) is 2.00. The smallest absolute Gasteiger partial charge is 0.546 e. The van der Waals surface area contributed by atoms with Crippen LogP contribution in [-0.4, -0.2) is 22.2 Å². The van der Waals surface area contributed by atoms with Crippen molar-refractivity contribution in [2.45, 2.75) is 32.3 Å². The fourth-order valence-corrected chi connectivity index (χ4v) is 3.25. The van der Waals surface area contributed by atoms with E-state index >= 15 is 0 Å². The van der Waals surface area contributed by atoms with Crippen LogP contribution in [-0.2, 0) is 4.79 Å². The molecule has 4 rings (SSSR count). The van der Waals surface area contributed by atoms with Crippen molar-refractivity contribution in [1.29, 1.82) is 0 Å². The first-order valence-corrected chi connectivity index (χ1v) is 9.55. The summed E-state index contributed by atoms with van der Waals surface area (Å²) < 4.78 is 11.4. The molecule has 148 valence electrons. The van der Waals surface area contributed by atoms with Crippen molar-refractivity contribution in [3.8, 4) is 23.0 Å². The molecule has 30 heavy (non-hydrogen) atoms. The standard InChI is InChI=1S/C23H21NO5.K/c1-2-3-4-20(23(26)27)28-18-9-7-14-11-16(6-5-15(14)12-18)22-24-19-10-8-17(25)13-21(19)29-22;/h5-13,20,25H,2-4H2,1H3,(H,26,27);/q;+1/p-1. The Kier molecular flexibility index (Phi) is 7.54. The van der Waals surface area contributed by atoms with Gasteiger partial charge in [-0.05, 0) is 60.0 Å². The van der Waals surface area contributed by atoms with E-state index in [0.29, 0.717) is 29.2 Å². The topological polar surface area (TPSA) is 95.6 Å². The number of fused-ring (bicyclic) bond motifs is 2. The van der Waals surface area contributed by atoms with Gasteiger partial charge in [0.1, 0.15) is 23.1 Å². The number of phenolic OH excluding ortho intramolecular Hbond substituents is 1. The van der Waals surface area contributed by atoms with Crippen molar-refractivity contribution in [2.75, 3.05) is 0 Å². The second-order valence-electron chi connectivity index (χ2n) is 6.96. The van der Waals surface area contributed by atoms with Gasteiger partial charge in [-0.2, -0.15) is 0 Å². The van der Waals surface area contributed by atoms with Gasteiger partial charge in [0.05, 0.1) is 5.97 Å². The van der Waals surface area contributed by atoms with Crippen molar-refractivity contribution >= 4 is 27.8 Å². The molecule has 7 heteroatoms. The van der Waals surface area contributed by atoms with E-state index in [4.69, 9.17) is 9.15 Å². The molecule has 0 fully saturated rings. The number of carboxylic acid groups (broad SMARTS) is 1. The molecule has 1 N–H and O–H groups in total. The number of rotatable bonds is 7. The summed E-state index contributed by atoms with van der Waals surface area (Å²) in [4.78, 5) is 15.8. The molecule has 1 unspecified atom stereocenters. The summed E-state index contributed by atoms with van der Waals surface area (Å²) in [5.41, 5.74) is 1.99. The Labute approximate surface area is 216 Å². The maximum atomic E-state index is 11.3. The van der Waals surface area contributed by atoms with Crippen molar-refractivity contribution in [2.24, 2.45) is 0 Å². The number of benzene rings is 3. The number of aromatic hydroxyl groups is 1. The number of carboxylic acids is 1. The third-order valence-electron chi connectivity index (χ3n) is 4.79. The Bertz CT molecular complexity index is 1190. The van der Waals surface area contributed by atoms with Crippen LogP contribution in [0.1, 0.15) is 26.2 Å². The monoisotopic (exact) mass is 429 g/mol. The van der Waals surface area contributed by atoms with Crippen LogP contribution in [0.25, 0.3) is 33.3 Å². The average Bonchev–Trinajstić information content (AvgIpc) is 3.13. The van der Waals surface area contributed by atoms with Crippen LogP contribution in [0.15, 0.2) is 59.0 Å². The van der Waals surface area contributed by atoms with Crippen LogP contribution >= 0.6 is 0 Å². The van der Waals surface area contributed by atoms with Gasteiger partial charge in [0.25, 0.3) is 0 Å². The molecule has 0 radical (unpaired) electrons. The van der Waals surface area contributed by atoms with E-state index < -0.39 is 12.1 Å². The minimum absolute atomic E-state index is 0. The summed E-state index contributed by atoms with van der Waals surface area (Å²) in [5.74, 6) is -0.117. The van der Waals surface area contributed by atoms with Crippen molar-refractivity contribution < 1.29 is 75.5 Å². The van der Waals surface area contributed by atoms with Crippen LogP contribution in [0.5, 0.6) is 11.5 Å². The van der Waals surface area contributed by atoms with Crippen LogP contribution in [0.4, 0.5) is 0 Å². The quantitative estimate of drug-likeness (QED) is 0.441. The molecule has 0 saturated heterocycles. The Morgan fingerprint density at radius 1 is 1.13 bits per heavy atom. The normalized spacial score (nSPS) is 11.9. The zero-order valence-corrected chi connectivity index (χ0v) is 20.0. The fraction of sp³-hybridized carbons (Fsp3) is 0.217. The average molecular weight is 430 g/mol. The first-order chi connectivity index (χ1) is 14.0. The van der Waals surface area contributed by atoms with Crippen LogP contribution < -0.4 is 61.2 Å². The van der Waals surface area contributed by atoms with E-state index in [0.717, 1.165) is 29.2 Å². The third-order valence-corrected chi connectivity index (χ3v) is 4.79. The minimum atomic E-state index is -1.20. The van der Waals surface area contributed by atoms with Gasteiger partial charge in [0.15, 0.2) is 5.58 Å². The maximum Gasteiger partial charge on any atom is 1.00 e. The van der Waals surface area contributed by atoms with E-state index in [1.54, 1.807) is 18.2 Å². The zero-order chi connectivity index (χ0) is 20.4. The van der Waals surface area contributed by atoms with Crippen molar-refractivity contribution in [1.82, 2.24) is 4.98 Å². The largest absolute Gasteiger partial charge is 1.00 e. The van der Waals surface area contributed by atoms with Gasteiger partial charge in [-0.15, -0.1) is 0 Å². The molecular weight excluding hydrogens is 409 g/mol. The van der Waals surface area contributed by atoms with Gasteiger partial charge < -0.3 is 24.2 Å². The summed E-state index contributed by atoms with van der Waals surface area (Å²) >= 11 is 0. The molecule has 6 nitrogen and oxygen atoms in total. The van der Waals surface area contributed by atoms with E-state index in [2.05, 4.69) is 4.98 Å². The molecule has 1 atom stereocenters. The molecule has 0 saturated carbocycles. The minimum Gasteiger partial charge on any atom is -0.546 e. The van der Waals surface area contributed by atoms with Crippen LogP contribution in [0.3, 0.4) is 0 Å². The molecule has 0 bridgehead atoms. The predicted molar refractivity (Wildman–Crippen MR) is 108 cm³/mol. The predicted octanol–water partition coefficient (Wildman–Crippen LogP) is 1.05. The summed E-state index contributed by atoms with van der Waals surface area (Å²) in [6, 6.07) is 16.0. The third kappa shape index (κ3) is 5.04. The van der Waals surface area contributed by atoms with E-state index in [1.165, 1.54) is 6.07 Å². The number of unbranched alkanes of at least 4 members (excludes halogenated alkanes) is 1. The second-order valence-corrected chi connectivity index (χ2v) is 6.96. The van der Waals surface area contributed by atoms with Gasteiger partial charge in [0, 0.05) is 11.6 Å². The molecule has 0 aliphatic carbocycles. The first-order valence-electron chi connectivity index (χ1n) is 9.55. The Hall–Kier alpha value is -1.90. The SMILES string of the molecule is CCCCC(Oc1ccc2cc(-c3nc4ccc(O)cc4o3)ccc2c1)C(=O)[O-].[K+]. The number of nitrogens with zero attached hydrogens (tertiary/aromatic N) is 1. The number of aliphatic carboxylic acids is 1. The number of hydrogen-bond donors (Lipinski definition) is 1. The number of aromatic nitrogens is 1. The van der Waals surface area contributed by atoms with E-state index in [1.807, 2.05) is 37.3 Å². The summed E-state index contributed by atoms with van der Waals surface area (Å²) in [5, 5.41) is 22.7. The number of oxazole rings is 1. The number of carbonyl (C=O) groups excluding carboxylic acids is 1. The molecule has 1 aromatic heterocycles. The summed E-state index contributed by atoms with van der Waals surface area (Å²) in [6.07, 6.45) is 1.12. The number of phenols is 1. The van der Waals surface area contributed by atoms with Crippen molar-refractivity contribution in [3.05, 3.63) is 54.6 Å². The van der Waals surface area contributed by atoms with Crippen LogP contribution in [0.2, 0.25) is 0 Å². The molecule has 0 aliphatic heterocycles. The van der Waals surface area contributed by atoms with E-state index in [9.17, 15) is 15.0 Å². The van der Waals surface area contributed by atoms with Crippen molar-refractivity contribution in [3.63, 3.8) is 0 Å². The van der Waals surface area contributed by atoms with E-state index in [-0.39, 0.29) is 57.1 Å². The number of hydrogen-bond acceptors (Lipinski definition) is 6. The van der Waals surface area contributed by atoms with Gasteiger partial charge in [0.2, 0.25) is 5.89 Å². The second kappa shape index (κ2) is 9.94. The molecule has 0 amide bonds. The van der Waals surface area contributed by atoms with Gasteiger partial charge in [-0.3, -0.25) is 0 Å². The molecule has 1 heterocycles. The molecular formula is C23H20KNO5. The molecule has 0 aliphatic rings. The molecule has 4 aromatic rings. The Balaban J connectivity index is 0.00000256. The van der Waals surface area contributed by atoms with Gasteiger partial charge >= 0.3 is 51.4 Å². The van der Waals surface area contributed by atoms with Crippen LogP contribution in [0, 0.1) is 0 Å². The number of carbonyl (C=O) groups is 1. The molecule has 3 aromatic carbocycles. The molecule has 0 spiro atoms. The van der Waals surface area contributed by atoms with Gasteiger partial charge in [-0.25, -0.2) is 4.98 Å². The Morgan fingerprint density at radius 3 is 2.67 bits per heavy atom. The number of ether oxygens (including phenoxy) is 1. The van der Waals surface area contributed by atoms with Gasteiger partial charge in [-0.1, -0.05) is 25.5 Å². The maximum absolute atomic E-state index is 11.3. The fourth-order valence-electron chi connectivity index (χ4n) is 3.25. The first kappa shape index (κ1) is 22.8. The summed E-state index contributed by atoms with van der Waals surface area (Å²) in [7, 11) is 0. The zero-order valence-electron chi connectivity index (χ0n) is 16.9. The Morgan fingerprint density at radius 2 is 1.90 bits per heavy atom.